The number of aliphatic hydroxyl groups excluding tert-OH is 1. The van der Waals surface area contributed by atoms with Crippen LogP contribution in [0.4, 0.5) is 5.69 Å². The number of ether oxygens (including phenoxy) is 1. The molecule has 5 heteroatoms. The molecule has 2 N–H and O–H groups in total. The standard InChI is InChI=1S/C16H19NO3S/c1-20-15-6-5-12(4-2-3-8-18)10-14(15)17-16(19)13-7-9-21-11-13/h5-6,10,13,18H,3,7-9,11H2,1H3,(H,17,19). The number of carbonyl (C=O) groups excluding carboxylic acids is 1. The second kappa shape index (κ2) is 7.96. The first-order chi connectivity index (χ1) is 10.2. The third-order valence-corrected chi connectivity index (χ3v) is 4.39. The zero-order valence-electron chi connectivity index (χ0n) is 12.0. The second-order valence-electron chi connectivity index (χ2n) is 4.74. The number of thioether (sulfide) groups is 1. The van der Waals surface area contributed by atoms with Crippen LogP contribution < -0.4 is 10.1 Å². The van der Waals surface area contributed by atoms with Gasteiger partial charge in [-0.3, -0.25) is 4.79 Å². The first-order valence-electron chi connectivity index (χ1n) is 6.91. The molecule has 1 unspecified atom stereocenters. The SMILES string of the molecule is COc1ccc(C#CCCO)cc1NC(=O)C1CCSC1. The molecule has 1 atom stereocenters. The van der Waals surface area contributed by atoms with Gasteiger partial charge in [-0.2, -0.15) is 11.8 Å². The molecule has 0 spiro atoms. The number of amides is 1. The third-order valence-electron chi connectivity index (χ3n) is 3.23. The van der Waals surface area contributed by atoms with Gasteiger partial charge in [-0.05, 0) is 30.4 Å². The topological polar surface area (TPSA) is 58.6 Å². The predicted molar refractivity (Wildman–Crippen MR) is 85.6 cm³/mol. The van der Waals surface area contributed by atoms with Crippen molar-refractivity contribution in [2.24, 2.45) is 5.92 Å². The molecule has 2 rings (SSSR count). The molecule has 1 amide bonds. The summed E-state index contributed by atoms with van der Waals surface area (Å²) in [5.74, 6) is 8.49. The van der Waals surface area contributed by atoms with E-state index in [0.29, 0.717) is 17.9 Å². The maximum atomic E-state index is 12.2. The van der Waals surface area contributed by atoms with Gasteiger partial charge >= 0.3 is 0 Å². The molecule has 0 bridgehead atoms. The molecular formula is C16H19NO3S. The van der Waals surface area contributed by atoms with Gasteiger partial charge in [-0.1, -0.05) is 11.8 Å². The van der Waals surface area contributed by atoms with Crippen LogP contribution in [0.1, 0.15) is 18.4 Å². The van der Waals surface area contributed by atoms with Gasteiger partial charge in [0, 0.05) is 23.7 Å². The van der Waals surface area contributed by atoms with Crippen molar-refractivity contribution in [2.75, 3.05) is 30.5 Å². The minimum Gasteiger partial charge on any atom is -0.495 e. The molecule has 0 aromatic heterocycles. The lowest BCUT2D eigenvalue weighted by Crippen LogP contribution is -2.22. The Hall–Kier alpha value is -1.64. The minimum absolute atomic E-state index is 0.0405. The lowest BCUT2D eigenvalue weighted by atomic mass is 10.1. The lowest BCUT2D eigenvalue weighted by Gasteiger charge is -2.13. The second-order valence-corrected chi connectivity index (χ2v) is 5.89. The Morgan fingerprint density at radius 1 is 1.57 bits per heavy atom. The predicted octanol–water partition coefficient (Wildman–Crippen LogP) is 2.12. The molecule has 1 fully saturated rings. The third kappa shape index (κ3) is 4.42. The monoisotopic (exact) mass is 305 g/mol. The molecule has 0 radical (unpaired) electrons. The van der Waals surface area contributed by atoms with E-state index in [9.17, 15) is 4.79 Å². The van der Waals surface area contributed by atoms with E-state index >= 15 is 0 Å². The van der Waals surface area contributed by atoms with Gasteiger partial charge in [0.15, 0.2) is 0 Å². The van der Waals surface area contributed by atoms with Gasteiger partial charge < -0.3 is 15.2 Å². The molecule has 21 heavy (non-hydrogen) atoms. The molecule has 1 aliphatic heterocycles. The van der Waals surface area contributed by atoms with Gasteiger partial charge in [-0.25, -0.2) is 0 Å². The number of nitrogens with one attached hydrogen (secondary N) is 1. The van der Waals surface area contributed by atoms with E-state index in [0.717, 1.165) is 23.5 Å². The average Bonchev–Trinajstić information content (AvgIpc) is 3.02. The summed E-state index contributed by atoms with van der Waals surface area (Å²) in [6, 6.07) is 5.44. The van der Waals surface area contributed by atoms with E-state index in [2.05, 4.69) is 17.2 Å². The fraction of sp³-hybridized carbons (Fsp3) is 0.438. The summed E-state index contributed by atoms with van der Waals surface area (Å²) in [6.45, 7) is 0.0477. The largest absolute Gasteiger partial charge is 0.495 e. The Balaban J connectivity index is 2.13. The van der Waals surface area contributed by atoms with Crippen molar-refractivity contribution in [3.63, 3.8) is 0 Å². The van der Waals surface area contributed by atoms with Crippen LogP contribution in [0.25, 0.3) is 0 Å². The zero-order chi connectivity index (χ0) is 15.1. The number of benzene rings is 1. The van der Waals surface area contributed by atoms with Crippen LogP contribution in [0.3, 0.4) is 0 Å². The van der Waals surface area contributed by atoms with Crippen LogP contribution in [0.15, 0.2) is 18.2 Å². The number of hydrogen-bond donors (Lipinski definition) is 2. The van der Waals surface area contributed by atoms with Crippen LogP contribution in [0.2, 0.25) is 0 Å². The maximum absolute atomic E-state index is 12.2. The highest BCUT2D eigenvalue weighted by molar-refractivity contribution is 7.99. The summed E-state index contributed by atoms with van der Waals surface area (Å²) < 4.78 is 5.28. The summed E-state index contributed by atoms with van der Waals surface area (Å²) in [7, 11) is 1.58. The number of anilines is 1. The number of hydrogen-bond acceptors (Lipinski definition) is 4. The van der Waals surface area contributed by atoms with Gasteiger partial charge in [0.2, 0.25) is 5.91 Å². The Labute approximate surface area is 129 Å². The average molecular weight is 305 g/mol. The van der Waals surface area contributed by atoms with Crippen LogP contribution in [0.5, 0.6) is 5.75 Å². The van der Waals surface area contributed by atoms with Crippen LogP contribution >= 0.6 is 11.8 Å². The minimum atomic E-state index is 0.0405. The number of rotatable bonds is 4. The first-order valence-corrected chi connectivity index (χ1v) is 8.06. The summed E-state index contributed by atoms with van der Waals surface area (Å²) in [5.41, 5.74) is 1.44. The Bertz CT molecular complexity index is 556. The van der Waals surface area contributed by atoms with Crippen LogP contribution in [0, 0.1) is 17.8 Å². The number of aliphatic hydroxyl groups is 1. The van der Waals surface area contributed by atoms with E-state index < -0.39 is 0 Å². The Morgan fingerprint density at radius 2 is 2.43 bits per heavy atom. The molecule has 0 aliphatic carbocycles. The molecule has 1 heterocycles. The molecule has 4 nitrogen and oxygen atoms in total. The highest BCUT2D eigenvalue weighted by Crippen LogP contribution is 2.29. The summed E-state index contributed by atoms with van der Waals surface area (Å²) >= 11 is 1.81. The van der Waals surface area contributed by atoms with Crippen molar-refractivity contribution < 1.29 is 14.6 Å². The van der Waals surface area contributed by atoms with Crippen molar-refractivity contribution in [1.29, 1.82) is 0 Å². The maximum Gasteiger partial charge on any atom is 0.228 e. The summed E-state index contributed by atoms with van der Waals surface area (Å²) in [6.07, 6.45) is 1.36. The van der Waals surface area contributed by atoms with Gasteiger partial charge in [0.1, 0.15) is 5.75 Å². The lowest BCUT2D eigenvalue weighted by molar-refractivity contribution is -0.119. The van der Waals surface area contributed by atoms with Gasteiger partial charge in [0.05, 0.1) is 19.4 Å². The molecular weight excluding hydrogens is 286 g/mol. The van der Waals surface area contributed by atoms with Crippen molar-refractivity contribution in [3.05, 3.63) is 23.8 Å². The van der Waals surface area contributed by atoms with Crippen molar-refractivity contribution >= 4 is 23.4 Å². The Kier molecular flexibility index (Phi) is 5.97. The number of methoxy groups -OCH3 is 1. The van der Waals surface area contributed by atoms with Crippen LogP contribution in [-0.2, 0) is 4.79 Å². The molecule has 1 aliphatic rings. The summed E-state index contributed by atoms with van der Waals surface area (Å²) in [5, 5.41) is 11.7. The van der Waals surface area contributed by atoms with E-state index in [-0.39, 0.29) is 18.4 Å². The fourth-order valence-electron chi connectivity index (χ4n) is 2.08. The van der Waals surface area contributed by atoms with Crippen molar-refractivity contribution in [1.82, 2.24) is 0 Å². The molecule has 1 aromatic carbocycles. The van der Waals surface area contributed by atoms with Crippen LogP contribution in [-0.4, -0.2) is 36.2 Å². The Morgan fingerprint density at radius 3 is 3.10 bits per heavy atom. The smallest absolute Gasteiger partial charge is 0.228 e. The van der Waals surface area contributed by atoms with Gasteiger partial charge in [-0.15, -0.1) is 0 Å². The van der Waals surface area contributed by atoms with Crippen molar-refractivity contribution in [3.8, 4) is 17.6 Å². The van der Waals surface area contributed by atoms with E-state index in [4.69, 9.17) is 9.84 Å². The molecule has 0 saturated carbocycles. The van der Waals surface area contributed by atoms with E-state index in [1.54, 1.807) is 13.2 Å². The molecule has 1 saturated heterocycles. The van der Waals surface area contributed by atoms with E-state index in [1.807, 2.05) is 23.9 Å². The van der Waals surface area contributed by atoms with E-state index in [1.165, 1.54) is 0 Å². The zero-order valence-corrected chi connectivity index (χ0v) is 12.8. The fourth-order valence-corrected chi connectivity index (χ4v) is 3.30. The number of carbonyl (C=O) groups is 1. The highest BCUT2D eigenvalue weighted by atomic mass is 32.2. The first kappa shape index (κ1) is 15.7. The summed E-state index contributed by atoms with van der Waals surface area (Å²) in [4.78, 5) is 12.2. The highest BCUT2D eigenvalue weighted by Gasteiger charge is 2.23. The van der Waals surface area contributed by atoms with Crippen molar-refractivity contribution in [2.45, 2.75) is 12.8 Å². The van der Waals surface area contributed by atoms with Gasteiger partial charge in [0.25, 0.3) is 0 Å². The normalized spacial score (nSPS) is 17.0. The molecule has 1 aromatic rings. The quantitative estimate of drug-likeness (QED) is 0.837. The molecule has 112 valence electrons.